The van der Waals surface area contributed by atoms with Crippen molar-refractivity contribution in [1.29, 1.82) is 0 Å². The van der Waals surface area contributed by atoms with Crippen LogP contribution >= 0.6 is 7.82 Å². The number of carbonyl (C=O) groups excluding carboxylic acids is 7. The minimum atomic E-state index is -5.87. The van der Waals surface area contributed by atoms with E-state index in [1.165, 1.54) is 25.2 Å². The van der Waals surface area contributed by atoms with Crippen molar-refractivity contribution in [2.75, 3.05) is 33.5 Å². The Hall–Kier alpha value is -7.27. The molecule has 1 saturated carbocycles. The average molecular weight is 1740 g/mol. The van der Waals surface area contributed by atoms with Crippen LogP contribution in [0.25, 0.3) is 5.57 Å². The number of methoxy groups -OCH3 is 1. The fourth-order valence-electron chi connectivity index (χ4n) is 14.5. The van der Waals surface area contributed by atoms with Gasteiger partial charge in [-0.2, -0.15) is 0 Å². The topological polar surface area (TPSA) is 614 Å². The van der Waals surface area contributed by atoms with Crippen LogP contribution in [0.2, 0.25) is 0 Å². The Morgan fingerprint density at radius 1 is 0.694 bits per heavy atom. The van der Waals surface area contributed by atoms with Gasteiger partial charge in [0.25, 0.3) is 5.91 Å². The molecular weight excluding hydrogens is 1620 g/mol. The van der Waals surface area contributed by atoms with E-state index in [-0.39, 0.29) is 31.3 Å². The lowest BCUT2D eigenvalue weighted by Crippen LogP contribution is -2.72. The Bertz CT molecular complexity index is 3930. The molecule has 5 amide bonds. The van der Waals surface area contributed by atoms with Crippen molar-refractivity contribution in [3.05, 3.63) is 95.2 Å². The Kier molecular flexibility index (Phi) is 37.1. The number of carbonyl (C=O) groups is 8. The molecule has 40 nitrogen and oxygen atoms in total. The third kappa shape index (κ3) is 27.1. The van der Waals surface area contributed by atoms with Crippen LogP contribution in [-0.4, -0.2) is 306 Å². The average Bonchev–Trinajstić information content (AvgIpc) is 1.04. The van der Waals surface area contributed by atoms with E-state index in [4.69, 9.17) is 77.4 Å². The minimum Gasteiger partial charge on any atom is -0.497 e. The molecular formula is C80H120N5O35P. The van der Waals surface area contributed by atoms with Gasteiger partial charge in [-0.25, -0.2) is 14.2 Å². The summed E-state index contributed by atoms with van der Waals surface area (Å²) in [5, 5.41) is 131. The zero-order valence-corrected chi connectivity index (χ0v) is 70.6. The second-order valence-corrected chi connectivity index (χ2v) is 33.6. The number of aliphatic carboxylic acids is 1. The number of allylic oxidation sites excluding steroid dienone is 9. The van der Waals surface area contributed by atoms with Crippen molar-refractivity contribution in [3.8, 4) is 5.75 Å². The number of ketones is 2. The van der Waals surface area contributed by atoms with Gasteiger partial charge < -0.3 is 145 Å². The molecule has 41 heteroatoms. The summed E-state index contributed by atoms with van der Waals surface area (Å²) < 4.78 is 95.0. The molecule has 1 aromatic rings. The highest BCUT2D eigenvalue weighted by Gasteiger charge is 2.63. The molecule has 5 saturated heterocycles. The van der Waals surface area contributed by atoms with Crippen molar-refractivity contribution in [1.82, 2.24) is 16.0 Å². The Labute approximate surface area is 700 Å². The van der Waals surface area contributed by atoms with Crippen molar-refractivity contribution in [2.45, 2.75) is 305 Å². The highest BCUT2D eigenvalue weighted by Crippen LogP contribution is 2.49. The van der Waals surface area contributed by atoms with Gasteiger partial charge in [0.15, 0.2) is 79.1 Å². The van der Waals surface area contributed by atoms with Crippen LogP contribution in [0.4, 0.5) is 4.79 Å². The predicted octanol–water partition coefficient (Wildman–Crippen LogP) is 0.0128. The molecule has 1 aliphatic carbocycles. The molecule has 6 fully saturated rings. The number of hydrogen-bond acceptors (Lipinski definition) is 33. The predicted molar refractivity (Wildman–Crippen MR) is 421 cm³/mol. The Balaban J connectivity index is 1.12. The van der Waals surface area contributed by atoms with E-state index in [0.29, 0.717) is 29.7 Å². The monoisotopic (exact) mass is 1740 g/mol. The third-order valence-electron chi connectivity index (χ3n) is 21.6. The van der Waals surface area contributed by atoms with Gasteiger partial charge in [-0.1, -0.05) is 91.3 Å². The number of carboxylic acid groups (broad SMARTS) is 1. The number of aliphatic hydroxyl groups excluding tert-OH is 9. The number of nitrogens with one attached hydrogen (secondary N) is 3. The molecule has 27 atom stereocenters. The molecule has 0 aromatic heterocycles. The summed E-state index contributed by atoms with van der Waals surface area (Å²) in [5.74, 6) is -7.40. The van der Waals surface area contributed by atoms with Gasteiger partial charge in [0.1, 0.15) is 96.7 Å². The highest BCUT2D eigenvalue weighted by molar-refractivity contribution is 7.47. The number of primary amides is 2. The van der Waals surface area contributed by atoms with E-state index in [1.54, 1.807) is 50.3 Å². The van der Waals surface area contributed by atoms with Crippen LogP contribution in [-0.2, 0) is 99.3 Å². The molecule has 19 N–H and O–H groups in total. The number of hydrogen-bond donors (Lipinski definition) is 17. The van der Waals surface area contributed by atoms with Crippen molar-refractivity contribution in [3.63, 3.8) is 0 Å². The first kappa shape index (κ1) is 101. The zero-order valence-electron chi connectivity index (χ0n) is 69.7. The summed E-state index contributed by atoms with van der Waals surface area (Å²) in [7, 11) is -4.40. The largest absolute Gasteiger partial charge is 0.497 e. The molecule has 1 aromatic carbocycles. The molecule has 5 heterocycles. The van der Waals surface area contributed by atoms with Crippen LogP contribution in [0, 0.1) is 5.41 Å². The first-order valence-electron chi connectivity index (χ1n) is 39.6. The smallest absolute Gasteiger partial charge is 0.474 e. The lowest BCUT2D eigenvalue weighted by atomic mass is 9.85. The number of benzene rings is 1. The number of phosphoric acid groups is 1. The summed E-state index contributed by atoms with van der Waals surface area (Å²) in [6.07, 6.45) is -35.3. The fourth-order valence-corrected chi connectivity index (χ4v) is 15.3. The zero-order chi connectivity index (χ0) is 90.1. The van der Waals surface area contributed by atoms with Gasteiger partial charge in [-0.15, -0.1) is 0 Å². The van der Waals surface area contributed by atoms with Gasteiger partial charge in [0.2, 0.25) is 17.7 Å². The van der Waals surface area contributed by atoms with Crippen LogP contribution in [0.5, 0.6) is 5.75 Å². The lowest BCUT2D eigenvalue weighted by molar-refractivity contribution is -0.375. The van der Waals surface area contributed by atoms with E-state index in [1.807, 2.05) is 6.08 Å². The number of carboxylic acids is 1. The molecule has 0 spiro atoms. The Morgan fingerprint density at radius 3 is 1.85 bits per heavy atom. The summed E-state index contributed by atoms with van der Waals surface area (Å²) in [6, 6.07) is 2.73. The van der Waals surface area contributed by atoms with Gasteiger partial charge in [0.05, 0.1) is 39.6 Å². The summed E-state index contributed by atoms with van der Waals surface area (Å²) >= 11 is 0. The summed E-state index contributed by atoms with van der Waals surface area (Å²) in [5.41, 5.74) is 11.6. The summed E-state index contributed by atoms with van der Waals surface area (Å²) in [4.78, 5) is 118. The molecule has 121 heavy (non-hydrogen) atoms. The van der Waals surface area contributed by atoms with Crippen molar-refractivity contribution in [2.24, 2.45) is 16.9 Å². The second kappa shape index (κ2) is 44.6. The summed E-state index contributed by atoms with van der Waals surface area (Å²) in [6.45, 7) is 18.4. The standard InChI is InChI=1S/C80H120N5O35P/c1-38(2)17-16-19-39(3)20-21-41(5)28-32-78(10,11)31-15-14-18-40(4)30-34-108-50(71(101)102)37-110-121(105,106)120-76-66(67(119-77(82)103)79(12,104)68(118-76)69(81)99)117-73-54(84-45(9)88)57(93)64(49(113-73)36-109-74-61(97)58(94)55(91)48(35-86)112-74)115-72-53(83-44(8)87)56(92)63(43(7)111-72)114-75-62(98)59(95)60(96)65(116-75)70(100)85-80(51(89)26-27-52(80)90)33-29-42(6)46-22-24-47(107-13)25-23-46/h15,17,20,22-25,29-31,43,48-50,53-68,72-76,86,91-98,104H,5,14,16,18-19,21,26-28,32-37H2,1-4,6-13H3,(H2,81,99)(H2,82,103)(H,83,87)(H,84,88)(H,85,100)(H,101,102)(H,105,106)/b31-15+,39-20+,40-30-,42-29+/t43-,48-,49-,50-,53-,54-,55-,56-,57-,58+,59+,60-,61-,62-,63-,64-,65+,66-,67-,68-,72+,73+,74-,75-,76-,79+/m1/s1. The number of ether oxygens (including phenoxy) is 12. The number of phosphoric ester groups is 1. The maximum atomic E-state index is 14.3. The number of nitrogens with two attached hydrogens (primary N) is 2. The maximum absolute atomic E-state index is 14.3. The van der Waals surface area contributed by atoms with E-state index in [9.17, 15) is 104 Å². The van der Waals surface area contributed by atoms with E-state index < -0.39 is 239 Å². The molecule has 680 valence electrons. The fraction of sp³-hybridized carbons (Fsp3) is 0.675. The SMILES string of the molecule is C=C(C/C=C(\C)CCC=C(C)C)CCC(C)(C)/C=C/CC/C(C)=C\CO[C@H](COP(=O)(O)O[C@H]1O[C@H](C(N)=O)[C@@](C)(O)[C@H](OC(N)=O)[C@H]1O[C@@H]1O[C@H](CO[C@@H]2O[C@H](CO)[C@@H](O)[C@H](O)[C@H]2O)[C@@H](O[C@@H]2O[C@H](C)[C@@H](O[C@@H]3O[C@H](C(=O)NC4(C/C=C(\C)c5ccc(OC)cc5)C(=O)CCC4=O)[C@H](O)[C@H](O)[C@H]3O)[C@H](O)[C@H]2NC(C)=O)[C@H](O)[C@H]1NC(C)=O)C(=O)O. The maximum Gasteiger partial charge on any atom is 0.474 e. The van der Waals surface area contributed by atoms with Crippen LogP contribution in [0.15, 0.2) is 89.6 Å². The first-order valence-corrected chi connectivity index (χ1v) is 41.1. The molecule has 7 rings (SSSR count). The quantitative estimate of drug-likeness (QED) is 0.0233. The number of amides is 5. The van der Waals surface area contributed by atoms with Crippen molar-refractivity contribution >= 4 is 60.7 Å². The van der Waals surface area contributed by atoms with Crippen LogP contribution in [0.3, 0.4) is 0 Å². The third-order valence-corrected chi connectivity index (χ3v) is 22.6. The van der Waals surface area contributed by atoms with Crippen LogP contribution < -0.4 is 32.2 Å². The van der Waals surface area contributed by atoms with Gasteiger partial charge in [-0.05, 0) is 122 Å². The minimum absolute atomic E-state index is 0.153. The van der Waals surface area contributed by atoms with Gasteiger partial charge >= 0.3 is 19.9 Å². The molecule has 0 radical (unpaired) electrons. The normalized spacial score (nSPS) is 33.8. The van der Waals surface area contributed by atoms with Crippen LogP contribution in [0.1, 0.15) is 146 Å². The number of Topliss-reactive ketones (excluding diaryl/α,β-unsaturated/α-hetero) is 2. The number of rotatable bonds is 41. The first-order chi connectivity index (χ1) is 56.7. The molecule has 1 unspecified atom stereocenters. The lowest BCUT2D eigenvalue weighted by Gasteiger charge is -2.52. The van der Waals surface area contributed by atoms with Gasteiger partial charge in [-0.3, -0.25) is 37.8 Å². The van der Waals surface area contributed by atoms with Crippen molar-refractivity contribution < 1.29 is 170 Å². The van der Waals surface area contributed by atoms with E-state index in [0.717, 1.165) is 64.0 Å². The second-order valence-electron chi connectivity index (χ2n) is 32.2. The van der Waals surface area contributed by atoms with E-state index in [2.05, 4.69) is 75.4 Å². The molecule has 0 bridgehead atoms. The molecule has 6 aliphatic rings. The van der Waals surface area contributed by atoms with E-state index >= 15 is 0 Å². The van der Waals surface area contributed by atoms with Gasteiger partial charge in [0, 0.05) is 33.1 Å². The Morgan fingerprint density at radius 2 is 1.26 bits per heavy atom. The highest BCUT2D eigenvalue weighted by atomic mass is 31.2. The number of aliphatic hydroxyl groups is 10. The molecule has 5 aliphatic heterocycles.